The fourth-order valence-electron chi connectivity index (χ4n) is 3.12. The first-order valence-corrected chi connectivity index (χ1v) is 11.1. The Labute approximate surface area is 204 Å². The Hall–Kier alpha value is -3.24. The summed E-state index contributed by atoms with van der Waals surface area (Å²) >= 11 is 8.59. The number of aromatic carboxylic acids is 1. The predicted octanol–water partition coefficient (Wildman–Crippen LogP) is 3.72. The Balaban J connectivity index is 1.90. The molecule has 3 rings (SSSR count). The number of rotatable bonds is 7. The summed E-state index contributed by atoms with van der Waals surface area (Å²) in [6, 6.07) is 9.76. The molecule has 1 fully saturated rings. The van der Waals surface area contributed by atoms with Gasteiger partial charge in [-0.05, 0) is 76.5 Å². The Morgan fingerprint density at radius 3 is 2.24 bits per heavy atom. The van der Waals surface area contributed by atoms with E-state index in [1.807, 2.05) is 6.92 Å². The number of halogens is 1. The lowest BCUT2D eigenvalue weighted by Crippen LogP contribution is -2.52. The third-order valence-corrected chi connectivity index (χ3v) is 6.01. The van der Waals surface area contributed by atoms with Gasteiger partial charge in [0.2, 0.25) is 0 Å². The normalized spacial score (nSPS) is 13.9. The summed E-state index contributed by atoms with van der Waals surface area (Å²) in [4.78, 5) is 38.7. The van der Waals surface area contributed by atoms with Crippen molar-refractivity contribution in [2.24, 2.45) is 0 Å². The third-order valence-electron chi connectivity index (χ3n) is 4.87. The average Bonchev–Trinajstić information content (AvgIpc) is 2.79. The molecule has 0 bridgehead atoms. The van der Waals surface area contributed by atoms with Crippen LogP contribution in [0.4, 0.5) is 0 Å². The molecule has 1 saturated heterocycles. The minimum absolute atomic E-state index is 0.0184. The van der Waals surface area contributed by atoms with Crippen LogP contribution >= 0.6 is 28.1 Å². The van der Waals surface area contributed by atoms with Crippen LogP contribution in [-0.4, -0.2) is 58.5 Å². The van der Waals surface area contributed by atoms with E-state index in [1.165, 1.54) is 42.1 Å². The van der Waals surface area contributed by atoms with E-state index in [0.717, 1.165) is 5.56 Å². The van der Waals surface area contributed by atoms with Gasteiger partial charge in [0.15, 0.2) is 16.6 Å². The molecule has 2 aromatic rings. The molecule has 1 aliphatic rings. The van der Waals surface area contributed by atoms with Crippen LogP contribution in [-0.2, 0) is 16.2 Å². The summed E-state index contributed by atoms with van der Waals surface area (Å²) in [5.41, 5.74) is 1.52. The molecule has 1 aliphatic heterocycles. The molecular formula is C23H21BrN2O6S. The van der Waals surface area contributed by atoms with E-state index < -0.39 is 17.8 Å². The fourth-order valence-corrected chi connectivity index (χ4v) is 3.86. The lowest BCUT2D eigenvalue weighted by molar-refractivity contribution is -0.132. The van der Waals surface area contributed by atoms with Gasteiger partial charge in [-0.15, -0.1) is 0 Å². The van der Waals surface area contributed by atoms with Gasteiger partial charge >= 0.3 is 5.97 Å². The van der Waals surface area contributed by atoms with Crippen LogP contribution in [0.5, 0.6) is 11.5 Å². The molecule has 1 N–H and O–H groups in total. The number of benzene rings is 2. The molecule has 0 aromatic heterocycles. The Kier molecular flexibility index (Phi) is 7.50. The zero-order valence-corrected chi connectivity index (χ0v) is 20.5. The number of amides is 2. The number of hydrogen-bond acceptors (Lipinski definition) is 6. The van der Waals surface area contributed by atoms with Crippen LogP contribution in [0.3, 0.4) is 0 Å². The SMILES string of the molecule is CCOc1cc(C=C2C(=O)N(C)C(=S)N(C)C2=O)cc(Br)c1OCc1ccc(C(=O)O)cc1. The van der Waals surface area contributed by atoms with Gasteiger partial charge in [-0.2, -0.15) is 0 Å². The zero-order chi connectivity index (χ0) is 24.3. The van der Waals surface area contributed by atoms with E-state index in [1.54, 1.807) is 24.3 Å². The van der Waals surface area contributed by atoms with Crippen molar-refractivity contribution < 1.29 is 29.0 Å². The first-order valence-electron chi connectivity index (χ1n) is 9.87. The van der Waals surface area contributed by atoms with Crippen molar-refractivity contribution >= 4 is 57.1 Å². The molecule has 2 amide bonds. The molecule has 2 aromatic carbocycles. The third kappa shape index (κ3) is 5.23. The molecule has 0 atom stereocenters. The highest BCUT2D eigenvalue weighted by atomic mass is 79.9. The van der Waals surface area contributed by atoms with E-state index in [2.05, 4.69) is 15.9 Å². The minimum Gasteiger partial charge on any atom is -0.490 e. The van der Waals surface area contributed by atoms with Crippen molar-refractivity contribution in [3.05, 3.63) is 63.1 Å². The van der Waals surface area contributed by atoms with Gasteiger partial charge in [-0.25, -0.2) is 4.79 Å². The molecule has 0 saturated carbocycles. The number of nitrogens with zero attached hydrogens (tertiary/aromatic N) is 2. The van der Waals surface area contributed by atoms with Crippen molar-refractivity contribution in [1.82, 2.24) is 9.80 Å². The second kappa shape index (κ2) is 10.1. The zero-order valence-electron chi connectivity index (χ0n) is 18.1. The minimum atomic E-state index is -0.998. The first-order chi connectivity index (χ1) is 15.6. The number of hydrogen-bond donors (Lipinski definition) is 1. The maximum atomic E-state index is 12.6. The van der Waals surface area contributed by atoms with Crippen molar-refractivity contribution in [3.63, 3.8) is 0 Å². The Bertz CT molecular complexity index is 1140. The van der Waals surface area contributed by atoms with Gasteiger partial charge in [0.1, 0.15) is 12.2 Å². The van der Waals surface area contributed by atoms with Crippen LogP contribution in [0, 0.1) is 0 Å². The second-order valence-electron chi connectivity index (χ2n) is 7.12. The van der Waals surface area contributed by atoms with Gasteiger partial charge < -0.3 is 14.6 Å². The van der Waals surface area contributed by atoms with E-state index in [4.69, 9.17) is 26.8 Å². The molecule has 0 unspecified atom stereocenters. The summed E-state index contributed by atoms with van der Waals surface area (Å²) in [5, 5.41) is 9.16. The lowest BCUT2D eigenvalue weighted by Gasteiger charge is -2.31. The van der Waals surface area contributed by atoms with Crippen molar-refractivity contribution in [3.8, 4) is 11.5 Å². The van der Waals surface area contributed by atoms with Crippen LogP contribution in [0.25, 0.3) is 6.08 Å². The number of carboxylic acids is 1. The summed E-state index contributed by atoms with van der Waals surface area (Å²) in [5.74, 6) is -1.10. The number of thiocarbonyl (C=S) groups is 1. The summed E-state index contributed by atoms with van der Waals surface area (Å²) in [7, 11) is 3.03. The molecule has 0 aliphatic carbocycles. The highest BCUT2D eigenvalue weighted by Gasteiger charge is 2.35. The highest BCUT2D eigenvalue weighted by molar-refractivity contribution is 9.10. The van der Waals surface area contributed by atoms with Gasteiger partial charge in [0, 0.05) is 14.1 Å². The van der Waals surface area contributed by atoms with Crippen LogP contribution in [0.15, 0.2) is 46.4 Å². The molecule has 0 radical (unpaired) electrons. The van der Waals surface area contributed by atoms with E-state index in [9.17, 15) is 14.4 Å². The van der Waals surface area contributed by atoms with Gasteiger partial charge in [-0.1, -0.05) is 12.1 Å². The van der Waals surface area contributed by atoms with Crippen LogP contribution < -0.4 is 9.47 Å². The molecule has 1 heterocycles. The largest absolute Gasteiger partial charge is 0.490 e. The number of carboxylic acid groups (broad SMARTS) is 1. The first kappa shape index (κ1) is 24.4. The molecule has 8 nitrogen and oxygen atoms in total. The Morgan fingerprint density at radius 1 is 1.09 bits per heavy atom. The second-order valence-corrected chi connectivity index (χ2v) is 8.34. The molecule has 10 heteroatoms. The smallest absolute Gasteiger partial charge is 0.335 e. The monoisotopic (exact) mass is 532 g/mol. The summed E-state index contributed by atoms with van der Waals surface area (Å²) in [6.45, 7) is 2.38. The topological polar surface area (TPSA) is 96.4 Å². The number of likely N-dealkylation sites (N-methyl/N-ethyl adjacent to an activating group) is 2. The lowest BCUT2D eigenvalue weighted by atomic mass is 10.1. The number of ether oxygens (including phenoxy) is 2. The van der Waals surface area contributed by atoms with Gasteiger partial charge in [0.25, 0.3) is 11.8 Å². The standard InChI is InChI=1S/C23H21BrN2O6S/c1-4-31-18-11-14(9-16-20(27)25(2)23(33)26(3)21(16)28)10-17(24)19(18)32-12-13-5-7-15(8-6-13)22(29)30/h5-11H,4,12H2,1-3H3,(H,29,30). The molecule has 0 spiro atoms. The van der Waals surface area contributed by atoms with E-state index >= 15 is 0 Å². The molecule has 172 valence electrons. The van der Waals surface area contributed by atoms with Crippen molar-refractivity contribution in [2.75, 3.05) is 20.7 Å². The molecule has 33 heavy (non-hydrogen) atoms. The Morgan fingerprint density at radius 2 is 1.70 bits per heavy atom. The summed E-state index contributed by atoms with van der Waals surface area (Å²) < 4.78 is 12.2. The summed E-state index contributed by atoms with van der Waals surface area (Å²) in [6.07, 6.45) is 1.49. The van der Waals surface area contributed by atoms with Crippen molar-refractivity contribution in [1.29, 1.82) is 0 Å². The van der Waals surface area contributed by atoms with Crippen LogP contribution in [0.1, 0.15) is 28.4 Å². The maximum absolute atomic E-state index is 12.6. The van der Waals surface area contributed by atoms with Crippen molar-refractivity contribution in [2.45, 2.75) is 13.5 Å². The predicted molar refractivity (Wildman–Crippen MR) is 129 cm³/mol. The molecular weight excluding hydrogens is 512 g/mol. The average molecular weight is 533 g/mol. The van der Waals surface area contributed by atoms with E-state index in [0.29, 0.717) is 28.1 Å². The number of carbonyl (C=O) groups is 3. The number of carbonyl (C=O) groups excluding carboxylic acids is 2. The highest BCUT2D eigenvalue weighted by Crippen LogP contribution is 2.38. The van der Waals surface area contributed by atoms with Gasteiger partial charge in [-0.3, -0.25) is 19.4 Å². The fraction of sp³-hybridized carbons (Fsp3) is 0.217. The van der Waals surface area contributed by atoms with E-state index in [-0.39, 0.29) is 22.9 Å². The van der Waals surface area contributed by atoms with Crippen LogP contribution in [0.2, 0.25) is 0 Å². The van der Waals surface area contributed by atoms with Gasteiger partial charge in [0.05, 0.1) is 16.6 Å². The quantitative estimate of drug-likeness (QED) is 0.329. The maximum Gasteiger partial charge on any atom is 0.335 e.